The molecule has 1 amide bonds. The van der Waals surface area contributed by atoms with E-state index in [1.807, 2.05) is 18.2 Å². The number of nitrogens with one attached hydrogen (secondary N) is 1. The van der Waals surface area contributed by atoms with Crippen LogP contribution in [0.5, 0.6) is 0 Å². The maximum atomic E-state index is 11.4. The highest BCUT2D eigenvalue weighted by atomic mass is 79.9. The molecule has 0 aliphatic rings. The van der Waals surface area contributed by atoms with Gasteiger partial charge < -0.3 is 5.32 Å². The van der Waals surface area contributed by atoms with E-state index >= 15 is 0 Å². The molecular weight excluding hydrogens is 266 g/mol. The second kappa shape index (κ2) is 8.34. The van der Waals surface area contributed by atoms with Crippen LogP contribution in [-0.2, 0) is 11.2 Å². The normalized spacial score (nSPS) is 10.1. The molecule has 0 saturated carbocycles. The van der Waals surface area contributed by atoms with Crippen molar-refractivity contribution in [3.63, 3.8) is 0 Å². The van der Waals surface area contributed by atoms with Gasteiger partial charge in [-0.25, -0.2) is 0 Å². The summed E-state index contributed by atoms with van der Waals surface area (Å²) in [7, 11) is 0. The van der Waals surface area contributed by atoms with Gasteiger partial charge in [-0.3, -0.25) is 4.79 Å². The van der Waals surface area contributed by atoms with Crippen molar-refractivity contribution in [2.75, 3.05) is 11.9 Å². The van der Waals surface area contributed by atoms with E-state index in [9.17, 15) is 4.79 Å². The molecule has 0 atom stereocenters. The van der Waals surface area contributed by atoms with Gasteiger partial charge in [-0.15, -0.1) is 0 Å². The molecule has 0 saturated heterocycles. The Kier molecular flexibility index (Phi) is 6.90. The van der Waals surface area contributed by atoms with E-state index < -0.39 is 0 Å². The van der Waals surface area contributed by atoms with Crippen LogP contribution in [-0.4, -0.2) is 17.8 Å². The number of alkyl halides is 1. The molecule has 0 aliphatic carbocycles. The van der Waals surface area contributed by atoms with E-state index in [1.54, 1.807) is 0 Å². The van der Waals surface area contributed by atoms with Crippen molar-refractivity contribution in [2.45, 2.75) is 25.7 Å². The molecule has 0 heterocycles. The summed E-state index contributed by atoms with van der Waals surface area (Å²) in [5.41, 5.74) is 1.27. The van der Waals surface area contributed by atoms with Gasteiger partial charge in [-0.2, -0.15) is 0 Å². The maximum Gasteiger partial charge on any atom is 0.220 e. The minimum Gasteiger partial charge on any atom is -0.356 e. The standard InChI is InChI=1S/C13H18BrNO/c14-10-5-4-8-13(16)15-11-9-12-6-2-1-3-7-12/h1-3,6-7H,4-5,8-11H2,(H,15,16). The Hall–Kier alpha value is -0.830. The molecule has 0 fully saturated rings. The molecule has 1 aromatic carbocycles. The number of halogens is 1. The Morgan fingerprint density at radius 1 is 1.19 bits per heavy atom. The van der Waals surface area contributed by atoms with E-state index in [2.05, 4.69) is 33.4 Å². The highest BCUT2D eigenvalue weighted by molar-refractivity contribution is 9.09. The summed E-state index contributed by atoms with van der Waals surface area (Å²) in [4.78, 5) is 11.4. The molecule has 0 bridgehead atoms. The molecule has 1 rings (SSSR count). The fraction of sp³-hybridized carbons (Fsp3) is 0.462. The number of hydrogen-bond acceptors (Lipinski definition) is 1. The van der Waals surface area contributed by atoms with Gasteiger partial charge in [-0.05, 0) is 24.8 Å². The molecule has 1 N–H and O–H groups in total. The summed E-state index contributed by atoms with van der Waals surface area (Å²) in [5.74, 6) is 0.164. The number of amides is 1. The summed E-state index contributed by atoms with van der Waals surface area (Å²) >= 11 is 3.35. The van der Waals surface area contributed by atoms with Crippen LogP contribution in [0.1, 0.15) is 24.8 Å². The average molecular weight is 284 g/mol. The van der Waals surface area contributed by atoms with Gasteiger partial charge in [0, 0.05) is 18.3 Å². The van der Waals surface area contributed by atoms with Crippen LogP contribution in [0.4, 0.5) is 0 Å². The third kappa shape index (κ3) is 5.91. The fourth-order valence-corrected chi connectivity index (χ4v) is 1.86. The minimum absolute atomic E-state index is 0.164. The monoisotopic (exact) mass is 283 g/mol. The minimum atomic E-state index is 0.164. The predicted octanol–water partition coefficient (Wildman–Crippen LogP) is 2.91. The molecule has 0 radical (unpaired) electrons. The van der Waals surface area contributed by atoms with Crippen molar-refractivity contribution in [1.82, 2.24) is 5.32 Å². The van der Waals surface area contributed by atoms with E-state index in [-0.39, 0.29) is 5.91 Å². The van der Waals surface area contributed by atoms with Gasteiger partial charge in [0.2, 0.25) is 5.91 Å². The van der Waals surface area contributed by atoms with Crippen LogP contribution in [0.3, 0.4) is 0 Å². The van der Waals surface area contributed by atoms with E-state index in [4.69, 9.17) is 0 Å². The number of benzene rings is 1. The van der Waals surface area contributed by atoms with Gasteiger partial charge in [0.15, 0.2) is 0 Å². The summed E-state index contributed by atoms with van der Waals surface area (Å²) in [6.07, 6.45) is 3.57. The second-order valence-electron chi connectivity index (χ2n) is 3.73. The lowest BCUT2D eigenvalue weighted by Gasteiger charge is -2.04. The number of carbonyl (C=O) groups excluding carboxylic acids is 1. The zero-order chi connectivity index (χ0) is 11.6. The van der Waals surface area contributed by atoms with Crippen LogP contribution in [0, 0.1) is 0 Å². The van der Waals surface area contributed by atoms with Crippen molar-refractivity contribution in [1.29, 1.82) is 0 Å². The lowest BCUT2D eigenvalue weighted by Crippen LogP contribution is -2.25. The Bertz CT molecular complexity index is 300. The zero-order valence-electron chi connectivity index (χ0n) is 9.42. The SMILES string of the molecule is O=C(CCCCBr)NCCc1ccccc1. The Morgan fingerprint density at radius 3 is 2.62 bits per heavy atom. The van der Waals surface area contributed by atoms with Gasteiger partial charge >= 0.3 is 0 Å². The number of rotatable bonds is 7. The molecule has 0 aromatic heterocycles. The van der Waals surface area contributed by atoms with Gasteiger partial charge in [0.25, 0.3) is 0 Å². The first-order valence-electron chi connectivity index (χ1n) is 5.69. The number of unbranched alkanes of at least 4 members (excludes halogenated alkanes) is 1. The summed E-state index contributed by atoms with van der Waals surface area (Å²) in [6.45, 7) is 0.733. The third-order valence-corrected chi connectivity index (χ3v) is 2.93. The molecule has 0 aliphatic heterocycles. The van der Waals surface area contributed by atoms with E-state index in [1.165, 1.54) is 5.56 Å². The predicted molar refractivity (Wildman–Crippen MR) is 70.8 cm³/mol. The van der Waals surface area contributed by atoms with Crippen molar-refractivity contribution < 1.29 is 4.79 Å². The lowest BCUT2D eigenvalue weighted by atomic mass is 10.1. The largest absolute Gasteiger partial charge is 0.356 e. The Morgan fingerprint density at radius 2 is 1.94 bits per heavy atom. The smallest absolute Gasteiger partial charge is 0.220 e. The zero-order valence-corrected chi connectivity index (χ0v) is 11.0. The van der Waals surface area contributed by atoms with Crippen LogP contribution < -0.4 is 5.32 Å². The van der Waals surface area contributed by atoms with Gasteiger partial charge in [0.05, 0.1) is 0 Å². The van der Waals surface area contributed by atoms with Crippen molar-refractivity contribution in [3.05, 3.63) is 35.9 Å². The summed E-state index contributed by atoms with van der Waals surface area (Å²) < 4.78 is 0. The van der Waals surface area contributed by atoms with E-state index in [0.717, 1.165) is 31.1 Å². The first-order chi connectivity index (χ1) is 7.83. The third-order valence-electron chi connectivity index (χ3n) is 2.37. The van der Waals surface area contributed by atoms with Crippen LogP contribution in [0.15, 0.2) is 30.3 Å². The molecule has 88 valence electrons. The van der Waals surface area contributed by atoms with Crippen molar-refractivity contribution >= 4 is 21.8 Å². The molecule has 3 heteroatoms. The molecule has 2 nitrogen and oxygen atoms in total. The highest BCUT2D eigenvalue weighted by Crippen LogP contribution is 2.00. The topological polar surface area (TPSA) is 29.1 Å². The highest BCUT2D eigenvalue weighted by Gasteiger charge is 1.99. The van der Waals surface area contributed by atoms with Gasteiger partial charge in [0.1, 0.15) is 0 Å². The molecular formula is C13H18BrNO. The van der Waals surface area contributed by atoms with Gasteiger partial charge in [-0.1, -0.05) is 46.3 Å². The molecule has 16 heavy (non-hydrogen) atoms. The average Bonchev–Trinajstić information content (AvgIpc) is 2.31. The first-order valence-corrected chi connectivity index (χ1v) is 6.81. The first kappa shape index (κ1) is 13.2. The van der Waals surface area contributed by atoms with Crippen LogP contribution >= 0.6 is 15.9 Å². The number of carbonyl (C=O) groups is 1. The number of hydrogen-bond donors (Lipinski definition) is 1. The Balaban J connectivity index is 2.09. The van der Waals surface area contributed by atoms with Crippen molar-refractivity contribution in [2.24, 2.45) is 0 Å². The van der Waals surface area contributed by atoms with Crippen molar-refractivity contribution in [3.8, 4) is 0 Å². The van der Waals surface area contributed by atoms with Crippen LogP contribution in [0.25, 0.3) is 0 Å². The fourth-order valence-electron chi connectivity index (χ4n) is 1.46. The summed E-state index contributed by atoms with van der Waals surface area (Å²) in [6, 6.07) is 10.2. The quantitative estimate of drug-likeness (QED) is 0.605. The molecule has 0 spiro atoms. The van der Waals surface area contributed by atoms with Crippen LogP contribution in [0.2, 0.25) is 0 Å². The lowest BCUT2D eigenvalue weighted by molar-refractivity contribution is -0.121. The maximum absolute atomic E-state index is 11.4. The molecule has 0 unspecified atom stereocenters. The molecule has 1 aromatic rings. The summed E-state index contributed by atoms with van der Waals surface area (Å²) in [5, 5.41) is 3.91. The second-order valence-corrected chi connectivity index (χ2v) is 4.52. The Labute approximate surface area is 106 Å². The van der Waals surface area contributed by atoms with E-state index in [0.29, 0.717) is 6.42 Å².